The first-order valence-corrected chi connectivity index (χ1v) is 10.6. The molecule has 0 fully saturated rings. The fourth-order valence-electron chi connectivity index (χ4n) is 4.57. The Morgan fingerprint density at radius 2 is 1.94 bits per heavy atom. The van der Waals surface area contributed by atoms with Crippen molar-refractivity contribution in [3.8, 4) is 17.2 Å². The molecule has 8 nitrogen and oxygen atoms in total. The third kappa shape index (κ3) is 3.02. The molecule has 164 valence electrons. The zero-order valence-corrected chi connectivity index (χ0v) is 18.1. The van der Waals surface area contributed by atoms with Crippen LogP contribution in [0.25, 0.3) is 5.70 Å². The summed E-state index contributed by atoms with van der Waals surface area (Å²) in [5, 5.41) is 8.03. The van der Waals surface area contributed by atoms with Gasteiger partial charge in [0.2, 0.25) is 5.95 Å². The monoisotopic (exact) mass is 439 g/mol. The van der Waals surface area contributed by atoms with Gasteiger partial charge in [0.25, 0.3) is 0 Å². The molecule has 0 saturated carbocycles. The van der Waals surface area contributed by atoms with Crippen LogP contribution in [-0.2, 0) is 0 Å². The van der Waals surface area contributed by atoms with E-state index in [1.165, 1.54) is 0 Å². The van der Waals surface area contributed by atoms with Gasteiger partial charge in [-0.25, -0.2) is 4.68 Å². The van der Waals surface area contributed by atoms with Crippen LogP contribution in [0.3, 0.4) is 0 Å². The molecule has 0 bridgehead atoms. The summed E-state index contributed by atoms with van der Waals surface area (Å²) in [4.78, 5) is 8.82. The molecule has 0 spiro atoms. The SMILES string of the molecule is COc1ccc([C@H]2Oc3ccccc3C3=C2[C@@H](c2cccnc2)n2ncnc2N3)c(OC)c1. The van der Waals surface area contributed by atoms with Crippen LogP contribution < -0.4 is 19.5 Å². The molecule has 2 atom stereocenters. The summed E-state index contributed by atoms with van der Waals surface area (Å²) in [5.74, 6) is 2.84. The van der Waals surface area contributed by atoms with E-state index in [2.05, 4.69) is 20.4 Å². The Kier molecular flexibility index (Phi) is 4.50. The Morgan fingerprint density at radius 3 is 2.76 bits per heavy atom. The number of anilines is 1. The molecule has 8 heteroatoms. The Bertz CT molecular complexity index is 1370. The van der Waals surface area contributed by atoms with E-state index < -0.39 is 6.10 Å². The second-order valence-electron chi connectivity index (χ2n) is 7.77. The second-order valence-corrected chi connectivity index (χ2v) is 7.77. The van der Waals surface area contributed by atoms with Gasteiger partial charge in [0.1, 0.15) is 29.6 Å². The van der Waals surface area contributed by atoms with Gasteiger partial charge in [-0.1, -0.05) is 18.2 Å². The summed E-state index contributed by atoms with van der Waals surface area (Å²) in [6.45, 7) is 0. The number of rotatable bonds is 4. The first-order chi connectivity index (χ1) is 16.3. The van der Waals surface area contributed by atoms with Gasteiger partial charge < -0.3 is 19.5 Å². The number of hydrogen-bond donors (Lipinski definition) is 1. The third-order valence-electron chi connectivity index (χ3n) is 6.04. The van der Waals surface area contributed by atoms with Gasteiger partial charge in [0.15, 0.2) is 6.10 Å². The Morgan fingerprint density at radius 1 is 1.03 bits per heavy atom. The topological polar surface area (TPSA) is 83.3 Å². The standard InChI is InChI=1S/C25H21N5O3/c1-31-16-9-10-18(20(12-16)32-2)24-21-22(17-7-3-4-8-19(17)33-24)29-25-27-14-28-30(25)23(21)15-6-5-11-26-13-15/h3-14,23-24H,1-2H3,(H,27,28,29)/t23-,24-/m1/s1. The highest BCUT2D eigenvalue weighted by molar-refractivity contribution is 5.85. The predicted octanol–water partition coefficient (Wildman–Crippen LogP) is 4.25. The minimum Gasteiger partial charge on any atom is -0.497 e. The maximum atomic E-state index is 6.65. The average molecular weight is 439 g/mol. The first-order valence-electron chi connectivity index (χ1n) is 10.6. The van der Waals surface area contributed by atoms with Crippen LogP contribution in [0.2, 0.25) is 0 Å². The van der Waals surface area contributed by atoms with Gasteiger partial charge in [0, 0.05) is 35.2 Å². The van der Waals surface area contributed by atoms with E-state index >= 15 is 0 Å². The molecular weight excluding hydrogens is 418 g/mol. The molecule has 2 aliphatic heterocycles. The highest BCUT2D eigenvalue weighted by Gasteiger charge is 2.41. The number of aromatic nitrogens is 4. The maximum absolute atomic E-state index is 6.65. The summed E-state index contributed by atoms with van der Waals surface area (Å²) in [7, 11) is 3.29. The third-order valence-corrected chi connectivity index (χ3v) is 6.04. The number of hydrogen-bond acceptors (Lipinski definition) is 7. The van der Waals surface area contributed by atoms with Crippen molar-refractivity contribution in [2.24, 2.45) is 0 Å². The number of nitrogens with zero attached hydrogens (tertiary/aromatic N) is 4. The number of benzene rings is 2. The molecule has 4 aromatic rings. The van der Waals surface area contributed by atoms with E-state index in [4.69, 9.17) is 14.2 Å². The van der Waals surface area contributed by atoms with Crippen LogP contribution in [0.15, 0.2) is 78.9 Å². The smallest absolute Gasteiger partial charge is 0.226 e. The van der Waals surface area contributed by atoms with Crippen LogP contribution in [0.5, 0.6) is 17.2 Å². The quantitative estimate of drug-likeness (QED) is 0.509. The Labute approximate surface area is 190 Å². The Balaban J connectivity index is 1.63. The lowest BCUT2D eigenvalue weighted by Gasteiger charge is -2.39. The van der Waals surface area contributed by atoms with Crippen molar-refractivity contribution < 1.29 is 14.2 Å². The zero-order valence-electron chi connectivity index (χ0n) is 18.1. The lowest BCUT2D eigenvalue weighted by atomic mass is 9.85. The highest BCUT2D eigenvalue weighted by atomic mass is 16.5. The van der Waals surface area contributed by atoms with Gasteiger partial charge >= 0.3 is 0 Å². The van der Waals surface area contributed by atoms with Crippen molar-refractivity contribution in [3.05, 3.63) is 95.6 Å². The molecule has 0 aliphatic carbocycles. The zero-order chi connectivity index (χ0) is 22.4. The number of methoxy groups -OCH3 is 2. The minimum absolute atomic E-state index is 0.266. The summed E-state index contributed by atoms with van der Waals surface area (Å²) < 4.78 is 19.7. The van der Waals surface area contributed by atoms with Crippen LogP contribution >= 0.6 is 0 Å². The number of para-hydroxylation sites is 1. The minimum atomic E-state index is -0.439. The number of ether oxygens (including phenoxy) is 3. The fraction of sp³-hybridized carbons (Fsp3) is 0.160. The summed E-state index contributed by atoms with van der Waals surface area (Å²) in [6.07, 6.45) is 4.74. The lowest BCUT2D eigenvalue weighted by molar-refractivity contribution is 0.217. The molecule has 0 unspecified atom stereocenters. The van der Waals surface area contributed by atoms with Crippen LogP contribution in [0.1, 0.15) is 28.8 Å². The fourth-order valence-corrected chi connectivity index (χ4v) is 4.57. The van der Waals surface area contributed by atoms with E-state index in [-0.39, 0.29) is 6.04 Å². The Hall–Kier alpha value is -4.33. The molecule has 0 radical (unpaired) electrons. The van der Waals surface area contributed by atoms with Gasteiger partial charge in [-0.3, -0.25) is 4.98 Å². The summed E-state index contributed by atoms with van der Waals surface area (Å²) in [5.41, 5.74) is 4.80. The maximum Gasteiger partial charge on any atom is 0.226 e. The molecule has 0 amide bonds. The normalized spacial score (nSPS) is 18.4. The van der Waals surface area contributed by atoms with E-state index in [0.29, 0.717) is 17.4 Å². The molecule has 6 rings (SSSR count). The second kappa shape index (κ2) is 7.67. The van der Waals surface area contributed by atoms with Crippen molar-refractivity contribution in [2.45, 2.75) is 12.1 Å². The van der Waals surface area contributed by atoms with E-state index in [0.717, 1.165) is 33.7 Å². The van der Waals surface area contributed by atoms with Crippen molar-refractivity contribution in [3.63, 3.8) is 0 Å². The largest absolute Gasteiger partial charge is 0.497 e. The van der Waals surface area contributed by atoms with Gasteiger partial charge in [-0.2, -0.15) is 10.1 Å². The van der Waals surface area contributed by atoms with Crippen LogP contribution in [-0.4, -0.2) is 34.0 Å². The molecule has 4 heterocycles. The molecule has 2 aromatic heterocycles. The molecular formula is C25H21N5O3. The number of nitrogens with one attached hydrogen (secondary N) is 1. The van der Waals surface area contributed by atoms with Crippen molar-refractivity contribution in [1.29, 1.82) is 0 Å². The molecule has 2 aliphatic rings. The molecule has 33 heavy (non-hydrogen) atoms. The summed E-state index contributed by atoms with van der Waals surface area (Å²) >= 11 is 0. The van der Waals surface area contributed by atoms with Gasteiger partial charge in [-0.15, -0.1) is 0 Å². The van der Waals surface area contributed by atoms with Crippen molar-refractivity contribution >= 4 is 11.6 Å². The summed E-state index contributed by atoms with van der Waals surface area (Å²) in [6, 6.07) is 17.5. The highest BCUT2D eigenvalue weighted by Crippen LogP contribution is 2.51. The van der Waals surface area contributed by atoms with Crippen LogP contribution in [0.4, 0.5) is 5.95 Å². The predicted molar refractivity (Wildman–Crippen MR) is 122 cm³/mol. The van der Waals surface area contributed by atoms with E-state index in [9.17, 15) is 0 Å². The molecule has 0 saturated heterocycles. The number of pyridine rings is 1. The van der Waals surface area contributed by atoms with E-state index in [1.54, 1.807) is 26.7 Å². The molecule has 2 aromatic carbocycles. The first kappa shape index (κ1) is 19.4. The number of fused-ring (bicyclic) bond motifs is 3. The van der Waals surface area contributed by atoms with E-state index in [1.807, 2.05) is 65.5 Å². The van der Waals surface area contributed by atoms with Crippen molar-refractivity contribution in [2.75, 3.05) is 19.5 Å². The average Bonchev–Trinajstić information content (AvgIpc) is 3.35. The molecule has 1 N–H and O–H groups in total. The van der Waals surface area contributed by atoms with Crippen molar-refractivity contribution in [1.82, 2.24) is 19.7 Å². The van der Waals surface area contributed by atoms with Crippen LogP contribution in [0, 0.1) is 0 Å². The van der Waals surface area contributed by atoms with Gasteiger partial charge in [0.05, 0.1) is 19.9 Å². The lowest BCUT2D eigenvalue weighted by Crippen LogP contribution is -2.32. The van der Waals surface area contributed by atoms with Gasteiger partial charge in [-0.05, 0) is 35.9 Å².